The fraction of sp³-hybridized carbons (Fsp3) is 0.333. The van der Waals surface area contributed by atoms with Gasteiger partial charge in [-0.2, -0.15) is 0 Å². The Morgan fingerprint density at radius 3 is 3.00 bits per heavy atom. The van der Waals surface area contributed by atoms with Crippen molar-refractivity contribution in [2.75, 3.05) is 6.61 Å². The Bertz CT molecular complexity index is 249. The summed E-state index contributed by atoms with van der Waals surface area (Å²) in [6, 6.07) is 3.55. The molecule has 12 heavy (non-hydrogen) atoms. The van der Waals surface area contributed by atoms with Crippen LogP contribution in [0.25, 0.3) is 6.08 Å². The molecule has 1 heterocycles. The molecule has 3 nitrogen and oxygen atoms in total. The van der Waals surface area contributed by atoms with Crippen molar-refractivity contribution in [3.8, 4) is 0 Å². The summed E-state index contributed by atoms with van der Waals surface area (Å²) in [5.41, 5.74) is 0.687. The average molecular weight is 168 g/mol. The van der Waals surface area contributed by atoms with E-state index in [0.717, 1.165) is 0 Å². The Labute approximate surface area is 70.9 Å². The third-order valence-corrected chi connectivity index (χ3v) is 1.61. The summed E-state index contributed by atoms with van der Waals surface area (Å²) in [5.74, 6) is 0.681. The van der Waals surface area contributed by atoms with Crippen LogP contribution in [-0.4, -0.2) is 22.9 Å². The van der Waals surface area contributed by atoms with Crippen LogP contribution in [0.15, 0.2) is 28.4 Å². The molecule has 1 aromatic rings. The first kappa shape index (κ1) is 9.03. The third kappa shape index (κ3) is 2.22. The van der Waals surface area contributed by atoms with Crippen LogP contribution >= 0.6 is 0 Å². The zero-order chi connectivity index (χ0) is 8.97. The van der Waals surface area contributed by atoms with Gasteiger partial charge < -0.3 is 14.6 Å². The van der Waals surface area contributed by atoms with Gasteiger partial charge in [-0.15, -0.1) is 0 Å². The zero-order valence-corrected chi connectivity index (χ0v) is 6.90. The minimum Gasteiger partial charge on any atom is -0.465 e. The molecule has 0 radical (unpaired) electrons. The van der Waals surface area contributed by atoms with Crippen molar-refractivity contribution in [3.63, 3.8) is 0 Å². The van der Waals surface area contributed by atoms with E-state index in [0.29, 0.717) is 11.3 Å². The maximum Gasteiger partial charge on any atom is 0.126 e. The molecule has 1 unspecified atom stereocenters. The van der Waals surface area contributed by atoms with Gasteiger partial charge in [0.25, 0.3) is 0 Å². The van der Waals surface area contributed by atoms with Crippen molar-refractivity contribution in [2.45, 2.75) is 13.0 Å². The predicted octanol–water partition coefficient (Wildman–Crippen LogP) is 1.04. The molecular formula is C9H12O3. The zero-order valence-electron chi connectivity index (χ0n) is 6.90. The highest BCUT2D eigenvalue weighted by Gasteiger charge is 2.04. The highest BCUT2D eigenvalue weighted by atomic mass is 16.3. The summed E-state index contributed by atoms with van der Waals surface area (Å²) < 4.78 is 5.03. The molecule has 0 spiro atoms. The second kappa shape index (κ2) is 4.09. The third-order valence-electron chi connectivity index (χ3n) is 1.61. The minimum atomic E-state index is -0.796. The SMILES string of the molecule is C/C(=C\c1ccco1)C(O)CO. The number of rotatable bonds is 3. The van der Waals surface area contributed by atoms with Gasteiger partial charge in [0.15, 0.2) is 0 Å². The minimum absolute atomic E-state index is 0.261. The van der Waals surface area contributed by atoms with Gasteiger partial charge in [0.1, 0.15) is 5.76 Å². The second-order valence-corrected chi connectivity index (χ2v) is 2.60. The highest BCUT2D eigenvalue weighted by Crippen LogP contribution is 2.09. The molecule has 0 bridgehead atoms. The van der Waals surface area contributed by atoms with Crippen molar-refractivity contribution in [2.24, 2.45) is 0 Å². The summed E-state index contributed by atoms with van der Waals surface area (Å²) in [6.45, 7) is 1.48. The van der Waals surface area contributed by atoms with Crippen LogP contribution in [0.2, 0.25) is 0 Å². The van der Waals surface area contributed by atoms with Crippen molar-refractivity contribution in [1.82, 2.24) is 0 Å². The molecule has 1 aromatic heterocycles. The molecule has 0 saturated carbocycles. The lowest BCUT2D eigenvalue weighted by molar-refractivity contribution is 0.123. The molecule has 2 N–H and O–H groups in total. The molecule has 66 valence electrons. The second-order valence-electron chi connectivity index (χ2n) is 2.60. The van der Waals surface area contributed by atoms with E-state index in [2.05, 4.69) is 0 Å². The van der Waals surface area contributed by atoms with E-state index in [-0.39, 0.29) is 6.61 Å². The van der Waals surface area contributed by atoms with Gasteiger partial charge in [0.05, 0.1) is 19.0 Å². The Morgan fingerprint density at radius 1 is 1.75 bits per heavy atom. The molecule has 0 aliphatic heterocycles. The van der Waals surface area contributed by atoms with Crippen LogP contribution in [0.3, 0.4) is 0 Å². The van der Waals surface area contributed by atoms with Crippen LogP contribution in [0.1, 0.15) is 12.7 Å². The molecular weight excluding hydrogens is 156 g/mol. The number of aliphatic hydroxyl groups excluding tert-OH is 2. The van der Waals surface area contributed by atoms with Crippen molar-refractivity contribution in [1.29, 1.82) is 0 Å². The first-order valence-electron chi connectivity index (χ1n) is 3.74. The smallest absolute Gasteiger partial charge is 0.126 e. The van der Waals surface area contributed by atoms with E-state index < -0.39 is 6.10 Å². The Kier molecular flexibility index (Phi) is 3.08. The molecule has 0 aliphatic rings. The maximum atomic E-state index is 9.17. The summed E-state index contributed by atoms with van der Waals surface area (Å²) in [7, 11) is 0. The van der Waals surface area contributed by atoms with Crippen molar-refractivity contribution < 1.29 is 14.6 Å². The van der Waals surface area contributed by atoms with E-state index >= 15 is 0 Å². The van der Waals surface area contributed by atoms with Crippen LogP contribution in [0.4, 0.5) is 0 Å². The molecule has 1 atom stereocenters. The Balaban J connectivity index is 2.69. The highest BCUT2D eigenvalue weighted by molar-refractivity contribution is 5.47. The van der Waals surface area contributed by atoms with E-state index in [4.69, 9.17) is 14.6 Å². The van der Waals surface area contributed by atoms with Crippen molar-refractivity contribution >= 4 is 6.08 Å². The normalized spacial score (nSPS) is 14.8. The molecule has 0 aromatic carbocycles. The van der Waals surface area contributed by atoms with E-state index in [9.17, 15) is 0 Å². The van der Waals surface area contributed by atoms with Crippen LogP contribution < -0.4 is 0 Å². The summed E-state index contributed by atoms with van der Waals surface area (Å²) >= 11 is 0. The number of hydrogen-bond acceptors (Lipinski definition) is 3. The van der Waals surface area contributed by atoms with Gasteiger partial charge in [-0.3, -0.25) is 0 Å². The van der Waals surface area contributed by atoms with Crippen LogP contribution in [0, 0.1) is 0 Å². The fourth-order valence-electron chi connectivity index (χ4n) is 0.838. The van der Waals surface area contributed by atoms with Crippen molar-refractivity contribution in [3.05, 3.63) is 29.7 Å². The lowest BCUT2D eigenvalue weighted by Gasteiger charge is -2.05. The lowest BCUT2D eigenvalue weighted by atomic mass is 10.1. The van der Waals surface area contributed by atoms with E-state index in [1.807, 2.05) is 0 Å². The maximum absolute atomic E-state index is 9.17. The van der Waals surface area contributed by atoms with Crippen LogP contribution in [-0.2, 0) is 0 Å². The Hall–Kier alpha value is -1.06. The first-order chi connectivity index (χ1) is 5.74. The molecule has 0 amide bonds. The van der Waals surface area contributed by atoms with Gasteiger partial charge in [-0.05, 0) is 30.7 Å². The topological polar surface area (TPSA) is 53.6 Å². The van der Waals surface area contributed by atoms with Gasteiger partial charge >= 0.3 is 0 Å². The summed E-state index contributed by atoms with van der Waals surface area (Å²) in [6.07, 6.45) is 2.46. The van der Waals surface area contributed by atoms with Gasteiger partial charge in [0, 0.05) is 0 Å². The lowest BCUT2D eigenvalue weighted by Crippen LogP contribution is -2.12. The quantitative estimate of drug-likeness (QED) is 0.708. The molecule has 1 rings (SSSR count). The standard InChI is InChI=1S/C9H12O3/c1-7(9(11)6-10)5-8-3-2-4-12-8/h2-5,9-11H,6H2,1H3/b7-5+. The van der Waals surface area contributed by atoms with Crippen LogP contribution in [0.5, 0.6) is 0 Å². The molecule has 0 saturated heterocycles. The summed E-state index contributed by atoms with van der Waals surface area (Å²) in [4.78, 5) is 0. The fourth-order valence-corrected chi connectivity index (χ4v) is 0.838. The predicted molar refractivity (Wildman–Crippen MR) is 45.5 cm³/mol. The first-order valence-corrected chi connectivity index (χ1v) is 3.74. The molecule has 3 heteroatoms. The Morgan fingerprint density at radius 2 is 2.50 bits per heavy atom. The number of furan rings is 1. The molecule has 0 fully saturated rings. The largest absolute Gasteiger partial charge is 0.465 e. The van der Waals surface area contributed by atoms with E-state index in [1.165, 1.54) is 0 Å². The van der Waals surface area contributed by atoms with Gasteiger partial charge in [0.2, 0.25) is 0 Å². The van der Waals surface area contributed by atoms with Gasteiger partial charge in [-0.1, -0.05) is 0 Å². The van der Waals surface area contributed by atoms with E-state index in [1.54, 1.807) is 31.4 Å². The monoisotopic (exact) mass is 168 g/mol. The molecule has 0 aliphatic carbocycles. The summed E-state index contributed by atoms with van der Waals surface area (Å²) in [5, 5.41) is 17.8. The average Bonchev–Trinajstić information content (AvgIpc) is 2.55. The number of hydrogen-bond donors (Lipinski definition) is 2. The number of aliphatic hydroxyl groups is 2. The van der Waals surface area contributed by atoms with Gasteiger partial charge in [-0.25, -0.2) is 0 Å².